The predicted molar refractivity (Wildman–Crippen MR) is 123 cm³/mol. The first kappa shape index (κ1) is 24.6. The lowest BCUT2D eigenvalue weighted by Crippen LogP contribution is -2.54. The molecular weight excluding hydrogens is 427 g/mol. The highest BCUT2D eigenvalue weighted by molar-refractivity contribution is 5.67. The Morgan fingerprint density at radius 2 is 1.82 bits per heavy atom. The Bertz CT molecular complexity index is 814. The van der Waals surface area contributed by atoms with Gasteiger partial charge >= 0.3 is 12.1 Å². The molecule has 1 aliphatic heterocycles. The summed E-state index contributed by atoms with van der Waals surface area (Å²) in [6.07, 6.45) is 4.79. The Balaban J connectivity index is 1.62. The van der Waals surface area contributed by atoms with Gasteiger partial charge in [-0.1, -0.05) is 38.8 Å². The third-order valence-electron chi connectivity index (χ3n) is 8.83. The summed E-state index contributed by atoms with van der Waals surface area (Å²) in [5.41, 5.74) is 0.689. The molecule has 2 aliphatic carbocycles. The zero-order valence-corrected chi connectivity index (χ0v) is 19.9. The second-order valence-corrected chi connectivity index (χ2v) is 11.4. The third kappa shape index (κ3) is 5.58. The highest BCUT2D eigenvalue weighted by Crippen LogP contribution is 2.50. The average molecular weight is 466 g/mol. The minimum absolute atomic E-state index is 0.0785. The maximum Gasteiger partial charge on any atom is 0.416 e. The van der Waals surface area contributed by atoms with Crippen molar-refractivity contribution >= 4 is 5.97 Å². The van der Waals surface area contributed by atoms with Crippen LogP contribution in [0.5, 0.6) is 0 Å². The van der Waals surface area contributed by atoms with Crippen LogP contribution in [0.15, 0.2) is 24.3 Å². The van der Waals surface area contributed by atoms with E-state index in [1.165, 1.54) is 44.2 Å². The van der Waals surface area contributed by atoms with Crippen molar-refractivity contribution in [1.29, 1.82) is 0 Å². The van der Waals surface area contributed by atoms with E-state index in [1.807, 2.05) is 0 Å². The monoisotopic (exact) mass is 465 g/mol. The van der Waals surface area contributed by atoms with Crippen LogP contribution < -0.4 is 0 Å². The first-order valence-corrected chi connectivity index (χ1v) is 12.7. The van der Waals surface area contributed by atoms with Gasteiger partial charge in [-0.05, 0) is 85.3 Å². The minimum atomic E-state index is -4.34. The first-order chi connectivity index (χ1) is 15.6. The summed E-state index contributed by atoms with van der Waals surface area (Å²) in [6.45, 7) is 6.76. The fourth-order valence-electron chi connectivity index (χ4n) is 7.06. The van der Waals surface area contributed by atoms with Crippen molar-refractivity contribution in [3.8, 4) is 0 Å². The molecule has 0 aromatic heterocycles. The number of likely N-dealkylation sites (tertiary alicyclic amines) is 1. The molecule has 4 rings (SSSR count). The number of nitrogens with zero attached hydrogens (tertiary/aromatic N) is 1. The molecule has 0 amide bonds. The maximum absolute atomic E-state index is 13.1. The van der Waals surface area contributed by atoms with Crippen molar-refractivity contribution in [3.05, 3.63) is 35.4 Å². The number of piperidine rings is 1. The molecule has 1 saturated heterocycles. The van der Waals surface area contributed by atoms with E-state index in [9.17, 15) is 23.1 Å². The molecular formula is C27H38F3NO2. The first-order valence-electron chi connectivity index (χ1n) is 12.7. The van der Waals surface area contributed by atoms with Gasteiger partial charge in [0, 0.05) is 25.6 Å². The Kier molecular flexibility index (Phi) is 7.14. The molecule has 1 unspecified atom stereocenters. The lowest BCUT2D eigenvalue weighted by atomic mass is 9.68. The van der Waals surface area contributed by atoms with Crippen LogP contribution in [0.1, 0.15) is 88.7 Å². The van der Waals surface area contributed by atoms with Gasteiger partial charge in [-0.3, -0.25) is 9.69 Å². The molecule has 1 aromatic rings. The molecule has 4 atom stereocenters. The Morgan fingerprint density at radius 1 is 1.15 bits per heavy atom. The van der Waals surface area contributed by atoms with Crippen LogP contribution in [-0.4, -0.2) is 35.1 Å². The molecule has 3 aliphatic rings. The number of alkyl halides is 3. The van der Waals surface area contributed by atoms with Crippen molar-refractivity contribution in [2.24, 2.45) is 23.2 Å². The van der Waals surface area contributed by atoms with Gasteiger partial charge in [0.15, 0.2) is 0 Å². The van der Waals surface area contributed by atoms with Crippen molar-refractivity contribution in [2.45, 2.75) is 89.8 Å². The Labute approximate surface area is 195 Å². The standard InChI is InChI=1S/C27H38F3NO2/c1-18(2)21-15-26(11-3-4-12-26)17-31(16-21)24-10-5-19(14-25(32)33)13-23(24)20-6-8-22(9-7-20)27(28,29)30/h6-9,18-19,21,23-24H,3-5,10-17H2,1-2H3,(H,32,33)/t19-,21?,23+,24-/m1/s1. The maximum atomic E-state index is 13.1. The van der Waals surface area contributed by atoms with Gasteiger partial charge in [0.05, 0.1) is 5.56 Å². The minimum Gasteiger partial charge on any atom is -0.481 e. The van der Waals surface area contributed by atoms with Crippen molar-refractivity contribution in [3.63, 3.8) is 0 Å². The third-order valence-corrected chi connectivity index (χ3v) is 8.83. The summed E-state index contributed by atoms with van der Waals surface area (Å²) in [7, 11) is 0. The lowest BCUT2D eigenvalue weighted by molar-refractivity contribution is -0.139. The SMILES string of the molecule is CC(C)C1CN([C@@H]2CC[C@@H](CC(=O)O)C[C@H]2c2ccc(C(F)(F)F)cc2)CC2(CCCC2)C1. The van der Waals surface area contributed by atoms with Crippen molar-refractivity contribution in [2.75, 3.05) is 13.1 Å². The second-order valence-electron chi connectivity index (χ2n) is 11.4. The van der Waals surface area contributed by atoms with Crippen molar-refractivity contribution < 1.29 is 23.1 Å². The molecule has 0 bridgehead atoms. The summed E-state index contributed by atoms with van der Waals surface area (Å²) in [4.78, 5) is 14.1. The molecule has 6 heteroatoms. The number of hydrogen-bond donors (Lipinski definition) is 1. The van der Waals surface area contributed by atoms with Crippen LogP contribution >= 0.6 is 0 Å². The zero-order chi connectivity index (χ0) is 23.8. The summed E-state index contributed by atoms with van der Waals surface area (Å²) in [5.74, 6) is 0.624. The molecule has 1 heterocycles. The summed E-state index contributed by atoms with van der Waals surface area (Å²) < 4.78 is 39.4. The van der Waals surface area contributed by atoms with E-state index in [1.54, 1.807) is 12.1 Å². The number of carboxylic acid groups (broad SMARTS) is 1. The van der Waals surface area contributed by atoms with E-state index in [-0.39, 0.29) is 24.3 Å². The summed E-state index contributed by atoms with van der Waals surface area (Å²) in [6, 6.07) is 5.93. The average Bonchev–Trinajstić information content (AvgIpc) is 3.19. The summed E-state index contributed by atoms with van der Waals surface area (Å²) in [5, 5.41) is 9.36. The lowest BCUT2D eigenvalue weighted by Gasteiger charge is -2.52. The van der Waals surface area contributed by atoms with Crippen molar-refractivity contribution in [1.82, 2.24) is 4.90 Å². The number of hydrogen-bond acceptors (Lipinski definition) is 2. The largest absolute Gasteiger partial charge is 0.481 e. The van der Waals surface area contributed by atoms with Gasteiger partial charge in [-0.25, -0.2) is 0 Å². The normalized spacial score (nSPS) is 30.7. The topological polar surface area (TPSA) is 40.5 Å². The molecule has 184 valence electrons. The van der Waals surface area contributed by atoms with Gasteiger partial charge in [0.2, 0.25) is 0 Å². The molecule has 3 nitrogen and oxygen atoms in total. The molecule has 3 fully saturated rings. The van der Waals surface area contributed by atoms with E-state index >= 15 is 0 Å². The number of benzene rings is 1. The highest BCUT2D eigenvalue weighted by Gasteiger charge is 2.46. The van der Waals surface area contributed by atoms with Crippen LogP contribution in [0.3, 0.4) is 0 Å². The summed E-state index contributed by atoms with van der Waals surface area (Å²) >= 11 is 0. The van der Waals surface area contributed by atoms with Crippen LogP contribution in [0.25, 0.3) is 0 Å². The van der Waals surface area contributed by atoms with Gasteiger partial charge in [0.25, 0.3) is 0 Å². The molecule has 33 heavy (non-hydrogen) atoms. The zero-order valence-electron chi connectivity index (χ0n) is 19.9. The predicted octanol–water partition coefficient (Wildman–Crippen LogP) is 6.97. The smallest absolute Gasteiger partial charge is 0.416 e. The van der Waals surface area contributed by atoms with E-state index < -0.39 is 17.7 Å². The van der Waals surface area contributed by atoms with E-state index in [4.69, 9.17) is 0 Å². The molecule has 1 spiro atoms. The van der Waals surface area contributed by atoms with Gasteiger partial charge < -0.3 is 5.11 Å². The highest BCUT2D eigenvalue weighted by atomic mass is 19.4. The number of halogens is 3. The fraction of sp³-hybridized carbons (Fsp3) is 0.741. The van der Waals surface area contributed by atoms with E-state index in [0.29, 0.717) is 17.3 Å². The van der Waals surface area contributed by atoms with Gasteiger partial charge in [-0.15, -0.1) is 0 Å². The van der Waals surface area contributed by atoms with Gasteiger partial charge in [-0.2, -0.15) is 13.2 Å². The fourth-order valence-corrected chi connectivity index (χ4v) is 7.06. The quantitative estimate of drug-likeness (QED) is 0.510. The molecule has 1 N–H and O–H groups in total. The van der Waals surface area contributed by atoms with E-state index in [0.717, 1.165) is 37.9 Å². The second kappa shape index (κ2) is 9.59. The van der Waals surface area contributed by atoms with Gasteiger partial charge in [0.1, 0.15) is 0 Å². The molecule has 1 aromatic carbocycles. The van der Waals surface area contributed by atoms with Crippen LogP contribution in [-0.2, 0) is 11.0 Å². The Hall–Kier alpha value is -1.56. The van der Waals surface area contributed by atoms with E-state index in [2.05, 4.69) is 18.7 Å². The molecule has 2 saturated carbocycles. The number of rotatable bonds is 5. The number of carbonyl (C=O) groups is 1. The number of carboxylic acids is 1. The van der Waals surface area contributed by atoms with Crippen LogP contribution in [0.4, 0.5) is 13.2 Å². The van der Waals surface area contributed by atoms with Crippen LogP contribution in [0.2, 0.25) is 0 Å². The van der Waals surface area contributed by atoms with Crippen LogP contribution in [0, 0.1) is 23.2 Å². The molecule has 0 radical (unpaired) electrons. The number of aliphatic carboxylic acids is 1. The Morgan fingerprint density at radius 3 is 2.39 bits per heavy atom.